The van der Waals surface area contributed by atoms with Crippen LogP contribution in [-0.4, -0.2) is 32.3 Å². The maximum absolute atomic E-state index is 12.4. The number of halogens is 2. The second kappa shape index (κ2) is 9.77. The van der Waals surface area contributed by atoms with Gasteiger partial charge in [0.05, 0.1) is 19.8 Å². The first-order chi connectivity index (χ1) is 13.6. The van der Waals surface area contributed by atoms with Crippen LogP contribution < -0.4 is 24.8 Å². The Labute approximate surface area is 162 Å². The fraction of sp³-hybridized carbons (Fsp3) is 0.350. The van der Waals surface area contributed by atoms with Crippen LogP contribution in [0, 0.1) is 0 Å². The summed E-state index contributed by atoms with van der Waals surface area (Å²) in [5.41, 5.74) is 1.56. The number of ether oxygens (including phenoxy) is 3. The number of rotatable bonds is 6. The second-order valence-electron chi connectivity index (χ2n) is 6.06. The largest absolute Gasteiger partial charge is 0.490 e. The molecule has 0 aromatic heterocycles. The molecule has 0 aliphatic carbocycles. The lowest BCUT2D eigenvalue weighted by atomic mass is 10.2. The molecule has 0 unspecified atom stereocenters. The Hall–Kier alpha value is -3.03. The number of alkyl halides is 2. The van der Waals surface area contributed by atoms with Crippen LogP contribution in [0.3, 0.4) is 0 Å². The highest BCUT2D eigenvalue weighted by Crippen LogP contribution is 2.32. The van der Waals surface area contributed by atoms with Gasteiger partial charge in [0.2, 0.25) is 0 Å². The van der Waals surface area contributed by atoms with Gasteiger partial charge < -0.3 is 24.8 Å². The number of hydrogen-bond acceptors (Lipinski definition) is 4. The van der Waals surface area contributed by atoms with Crippen molar-refractivity contribution in [2.24, 2.45) is 4.99 Å². The van der Waals surface area contributed by atoms with Gasteiger partial charge in [0, 0.05) is 24.7 Å². The fourth-order valence-corrected chi connectivity index (χ4v) is 2.68. The van der Waals surface area contributed by atoms with Crippen molar-refractivity contribution in [1.29, 1.82) is 0 Å². The number of fused-ring (bicyclic) bond motifs is 1. The first kappa shape index (κ1) is 19.7. The van der Waals surface area contributed by atoms with E-state index in [2.05, 4.69) is 20.4 Å². The number of anilines is 1. The monoisotopic (exact) mass is 391 g/mol. The van der Waals surface area contributed by atoms with Crippen LogP contribution in [0.15, 0.2) is 47.5 Å². The molecule has 6 nitrogen and oxygen atoms in total. The Bertz CT molecular complexity index is 815. The summed E-state index contributed by atoms with van der Waals surface area (Å²) in [5, 5.41) is 6.38. The molecule has 28 heavy (non-hydrogen) atoms. The van der Waals surface area contributed by atoms with Crippen LogP contribution in [0.5, 0.6) is 17.2 Å². The number of guanidine groups is 1. The minimum Gasteiger partial charge on any atom is -0.490 e. The molecule has 0 saturated heterocycles. The lowest BCUT2D eigenvalue weighted by Gasteiger charge is -2.14. The van der Waals surface area contributed by atoms with Gasteiger partial charge in [0.25, 0.3) is 0 Å². The molecule has 150 valence electrons. The first-order valence-corrected chi connectivity index (χ1v) is 9.13. The van der Waals surface area contributed by atoms with Gasteiger partial charge >= 0.3 is 6.61 Å². The Balaban J connectivity index is 1.70. The minimum atomic E-state index is -2.85. The number of hydrogen-bond donors (Lipinski definition) is 2. The summed E-state index contributed by atoms with van der Waals surface area (Å²) in [7, 11) is 0. The van der Waals surface area contributed by atoms with Gasteiger partial charge in [-0.2, -0.15) is 8.78 Å². The molecule has 1 aliphatic rings. The molecule has 0 saturated carbocycles. The van der Waals surface area contributed by atoms with Gasteiger partial charge in [0.1, 0.15) is 5.75 Å². The summed E-state index contributed by atoms with van der Waals surface area (Å²) in [6.07, 6.45) is 0.843. The van der Waals surface area contributed by atoms with Crippen LogP contribution in [0.25, 0.3) is 0 Å². The van der Waals surface area contributed by atoms with Crippen molar-refractivity contribution in [2.45, 2.75) is 26.5 Å². The Morgan fingerprint density at radius 2 is 1.96 bits per heavy atom. The van der Waals surface area contributed by atoms with Crippen molar-refractivity contribution in [1.82, 2.24) is 5.32 Å². The summed E-state index contributed by atoms with van der Waals surface area (Å²) in [6, 6.07) is 12.1. The Kier molecular flexibility index (Phi) is 6.89. The molecule has 2 N–H and O–H groups in total. The third-order valence-corrected chi connectivity index (χ3v) is 3.90. The van der Waals surface area contributed by atoms with Crippen molar-refractivity contribution in [3.05, 3.63) is 48.0 Å². The predicted octanol–water partition coefficient (Wildman–Crippen LogP) is 4.03. The molecule has 0 amide bonds. The highest BCUT2D eigenvalue weighted by Gasteiger charge is 2.11. The van der Waals surface area contributed by atoms with Crippen molar-refractivity contribution in [3.63, 3.8) is 0 Å². The summed E-state index contributed by atoms with van der Waals surface area (Å²) in [6.45, 7) is 1.34. The minimum absolute atomic E-state index is 0.114. The van der Waals surface area contributed by atoms with Gasteiger partial charge in [-0.25, -0.2) is 4.99 Å². The zero-order valence-electron chi connectivity index (χ0n) is 15.6. The van der Waals surface area contributed by atoms with E-state index in [1.165, 1.54) is 6.07 Å². The van der Waals surface area contributed by atoms with Crippen LogP contribution in [0.4, 0.5) is 14.5 Å². The van der Waals surface area contributed by atoms with Crippen molar-refractivity contribution in [2.75, 3.05) is 25.1 Å². The van der Waals surface area contributed by atoms with Gasteiger partial charge in [0.15, 0.2) is 17.5 Å². The van der Waals surface area contributed by atoms with Crippen molar-refractivity contribution >= 4 is 11.6 Å². The summed E-state index contributed by atoms with van der Waals surface area (Å²) in [4.78, 5) is 4.51. The first-order valence-electron chi connectivity index (χ1n) is 9.13. The van der Waals surface area contributed by atoms with E-state index in [9.17, 15) is 8.78 Å². The average molecular weight is 391 g/mol. The lowest BCUT2D eigenvalue weighted by molar-refractivity contribution is -0.0498. The molecule has 0 fully saturated rings. The summed E-state index contributed by atoms with van der Waals surface area (Å²) >= 11 is 0. The highest BCUT2D eigenvalue weighted by molar-refractivity contribution is 5.93. The number of nitrogens with zero attached hydrogens (tertiary/aromatic N) is 1. The van der Waals surface area contributed by atoms with Gasteiger partial charge in [-0.1, -0.05) is 12.1 Å². The zero-order chi connectivity index (χ0) is 19.8. The van der Waals surface area contributed by atoms with Crippen LogP contribution in [0.2, 0.25) is 0 Å². The van der Waals surface area contributed by atoms with E-state index in [0.29, 0.717) is 38.0 Å². The number of aliphatic imine (C=N–C) groups is 1. The van der Waals surface area contributed by atoms with Crippen LogP contribution >= 0.6 is 0 Å². The molecule has 3 rings (SSSR count). The average Bonchev–Trinajstić information content (AvgIpc) is 2.91. The van der Waals surface area contributed by atoms with E-state index in [1.807, 2.05) is 25.1 Å². The molecule has 0 spiro atoms. The smallest absolute Gasteiger partial charge is 0.387 e. The number of benzene rings is 2. The standard InChI is InChI=1S/C20H23F2N3O3/c1-2-23-20(24-13-14-5-3-6-16(11-14)28-19(21)22)25-15-7-8-17-18(12-15)27-10-4-9-26-17/h3,5-8,11-12,19H,2,4,9-10,13H2,1H3,(H2,23,24,25). The normalized spacial score (nSPS) is 13.8. The van der Waals surface area contributed by atoms with Gasteiger partial charge in [-0.15, -0.1) is 0 Å². The summed E-state index contributed by atoms with van der Waals surface area (Å²) < 4.78 is 40.5. The van der Waals surface area contributed by atoms with Gasteiger partial charge in [-0.3, -0.25) is 0 Å². The third kappa shape index (κ3) is 5.73. The van der Waals surface area contributed by atoms with Gasteiger partial charge in [-0.05, 0) is 36.8 Å². The molecule has 0 atom stereocenters. The fourth-order valence-electron chi connectivity index (χ4n) is 2.68. The molecule has 1 heterocycles. The Morgan fingerprint density at radius 1 is 1.14 bits per heavy atom. The number of nitrogens with one attached hydrogen (secondary N) is 2. The van der Waals surface area contributed by atoms with E-state index in [1.54, 1.807) is 18.2 Å². The molecule has 0 radical (unpaired) electrons. The SMILES string of the molecule is CCNC(=NCc1cccc(OC(F)F)c1)Nc1ccc2c(c1)OCCCO2. The summed E-state index contributed by atoms with van der Waals surface area (Å²) in [5.74, 6) is 2.09. The molecule has 2 aromatic carbocycles. The second-order valence-corrected chi connectivity index (χ2v) is 6.06. The van der Waals surface area contributed by atoms with Crippen LogP contribution in [-0.2, 0) is 6.54 Å². The molecule has 0 bridgehead atoms. The third-order valence-electron chi connectivity index (χ3n) is 3.90. The van der Waals surface area contributed by atoms with Crippen molar-refractivity contribution < 1.29 is 23.0 Å². The molecular formula is C20H23F2N3O3. The molecular weight excluding hydrogens is 368 g/mol. The highest BCUT2D eigenvalue weighted by atomic mass is 19.3. The van der Waals surface area contributed by atoms with E-state index in [0.717, 1.165) is 23.4 Å². The van der Waals surface area contributed by atoms with Crippen LogP contribution in [0.1, 0.15) is 18.9 Å². The molecule has 2 aromatic rings. The molecule has 1 aliphatic heterocycles. The quantitative estimate of drug-likeness (QED) is 0.575. The van der Waals surface area contributed by atoms with E-state index in [-0.39, 0.29) is 5.75 Å². The van der Waals surface area contributed by atoms with E-state index >= 15 is 0 Å². The maximum Gasteiger partial charge on any atom is 0.387 e. The topological polar surface area (TPSA) is 64.1 Å². The Morgan fingerprint density at radius 3 is 2.75 bits per heavy atom. The zero-order valence-corrected chi connectivity index (χ0v) is 15.6. The predicted molar refractivity (Wildman–Crippen MR) is 104 cm³/mol. The molecule has 8 heteroatoms. The van der Waals surface area contributed by atoms with Crippen molar-refractivity contribution in [3.8, 4) is 17.2 Å². The maximum atomic E-state index is 12.4. The van der Waals surface area contributed by atoms with E-state index in [4.69, 9.17) is 9.47 Å². The lowest BCUT2D eigenvalue weighted by Crippen LogP contribution is -2.30. The van der Waals surface area contributed by atoms with E-state index < -0.39 is 6.61 Å².